The molecule has 0 amide bonds. The molecule has 0 atom stereocenters. The molecular formula is C54H29N5. The lowest BCUT2D eigenvalue weighted by atomic mass is 9.93. The monoisotopic (exact) mass is 747 g/mol. The Morgan fingerprint density at radius 2 is 0.881 bits per heavy atom. The van der Waals surface area contributed by atoms with Crippen LogP contribution in [0.15, 0.2) is 176 Å². The van der Waals surface area contributed by atoms with Crippen molar-refractivity contribution < 1.29 is 0 Å². The molecule has 0 N–H and O–H groups in total. The molecule has 0 aliphatic heterocycles. The number of para-hydroxylation sites is 4. The van der Waals surface area contributed by atoms with E-state index in [-0.39, 0.29) is 0 Å². The Labute approximate surface area is 334 Å². The summed E-state index contributed by atoms with van der Waals surface area (Å²) in [6, 6.07) is 64.3. The van der Waals surface area contributed by atoms with Crippen LogP contribution in [0.25, 0.3) is 137 Å². The van der Waals surface area contributed by atoms with Crippen LogP contribution in [-0.4, -0.2) is 23.3 Å². The summed E-state index contributed by atoms with van der Waals surface area (Å²) in [6.07, 6.45) is 0. The first kappa shape index (κ1) is 30.2. The van der Waals surface area contributed by atoms with Gasteiger partial charge in [0.15, 0.2) is 11.3 Å². The molecule has 15 rings (SSSR count). The largest absolute Gasteiger partial charge is 0.309 e. The molecule has 0 aliphatic carbocycles. The van der Waals surface area contributed by atoms with E-state index in [1.807, 2.05) is 0 Å². The maximum atomic E-state index is 5.71. The first-order valence-electron chi connectivity index (χ1n) is 20.3. The molecule has 0 radical (unpaired) electrons. The second-order valence-electron chi connectivity index (χ2n) is 16.1. The third kappa shape index (κ3) is 3.59. The predicted octanol–water partition coefficient (Wildman–Crippen LogP) is 13.8. The summed E-state index contributed by atoms with van der Waals surface area (Å²) in [5, 5.41) is 14.5. The Bertz CT molecular complexity index is 4300. The molecule has 0 bridgehead atoms. The molecule has 9 aromatic carbocycles. The van der Waals surface area contributed by atoms with Crippen LogP contribution in [0, 0.1) is 0 Å². The molecule has 0 saturated carbocycles. The van der Waals surface area contributed by atoms with Gasteiger partial charge in [0.25, 0.3) is 0 Å². The molecule has 6 heterocycles. The zero-order valence-corrected chi connectivity index (χ0v) is 31.5. The lowest BCUT2D eigenvalue weighted by Gasteiger charge is -2.12. The van der Waals surface area contributed by atoms with E-state index in [1.165, 1.54) is 92.6 Å². The number of hydrogen-bond acceptors (Lipinski definition) is 2. The van der Waals surface area contributed by atoms with E-state index >= 15 is 0 Å². The Balaban J connectivity index is 1.11. The van der Waals surface area contributed by atoms with Crippen molar-refractivity contribution in [1.82, 2.24) is 23.3 Å². The Hall–Kier alpha value is -8.02. The van der Waals surface area contributed by atoms with E-state index in [4.69, 9.17) is 9.97 Å². The van der Waals surface area contributed by atoms with Crippen LogP contribution in [0.1, 0.15) is 0 Å². The molecule has 5 heteroatoms. The normalized spacial score (nSPS) is 12.7. The predicted molar refractivity (Wildman–Crippen MR) is 246 cm³/mol. The second-order valence-corrected chi connectivity index (χ2v) is 16.1. The maximum absolute atomic E-state index is 5.71. The van der Waals surface area contributed by atoms with Gasteiger partial charge in [0.2, 0.25) is 0 Å². The van der Waals surface area contributed by atoms with Crippen molar-refractivity contribution in [3.05, 3.63) is 176 Å². The summed E-state index contributed by atoms with van der Waals surface area (Å²) >= 11 is 0. The summed E-state index contributed by atoms with van der Waals surface area (Å²) in [5.41, 5.74) is 14.3. The molecule has 0 spiro atoms. The fourth-order valence-corrected chi connectivity index (χ4v) is 10.9. The summed E-state index contributed by atoms with van der Waals surface area (Å²) < 4.78 is 7.21. The summed E-state index contributed by atoms with van der Waals surface area (Å²) in [7, 11) is 0. The number of nitrogens with zero attached hydrogens (tertiary/aromatic N) is 5. The SMILES string of the molecule is c1ccc(-n2c3ccccc3c3cc(-c4c5ccccc5cc5c6cccc7c8nc9c(nc8n(c45)c67)c4cccc5c6ccc7ccccc7c6n9c54)ccc32)cc1. The van der Waals surface area contributed by atoms with E-state index in [2.05, 4.69) is 189 Å². The van der Waals surface area contributed by atoms with E-state index in [0.29, 0.717) is 0 Å². The lowest BCUT2D eigenvalue weighted by molar-refractivity contribution is 1.18. The van der Waals surface area contributed by atoms with Gasteiger partial charge < -0.3 is 4.57 Å². The van der Waals surface area contributed by atoms with Crippen molar-refractivity contribution in [3.8, 4) is 16.8 Å². The number of hydrogen-bond donors (Lipinski definition) is 0. The van der Waals surface area contributed by atoms with Crippen molar-refractivity contribution in [2.75, 3.05) is 0 Å². The molecule has 6 aromatic heterocycles. The van der Waals surface area contributed by atoms with Crippen LogP contribution in [0.4, 0.5) is 0 Å². The average Bonchev–Trinajstić information content (AvgIpc) is 4.08. The highest BCUT2D eigenvalue weighted by Crippen LogP contribution is 2.47. The molecule has 270 valence electrons. The second kappa shape index (κ2) is 10.5. The molecule has 5 nitrogen and oxygen atoms in total. The zero-order valence-electron chi connectivity index (χ0n) is 31.5. The third-order valence-electron chi connectivity index (χ3n) is 13.2. The molecule has 0 unspecified atom stereocenters. The van der Waals surface area contributed by atoms with Crippen LogP contribution >= 0.6 is 0 Å². The van der Waals surface area contributed by atoms with Crippen LogP contribution in [-0.2, 0) is 0 Å². The van der Waals surface area contributed by atoms with E-state index < -0.39 is 0 Å². The number of aromatic nitrogens is 5. The van der Waals surface area contributed by atoms with E-state index in [1.54, 1.807) is 0 Å². The van der Waals surface area contributed by atoms with Crippen molar-refractivity contribution in [3.63, 3.8) is 0 Å². The molecular weight excluding hydrogens is 719 g/mol. The smallest absolute Gasteiger partial charge is 0.165 e. The van der Waals surface area contributed by atoms with Crippen LogP contribution in [0.3, 0.4) is 0 Å². The average molecular weight is 748 g/mol. The fraction of sp³-hybridized carbons (Fsp3) is 0. The molecule has 0 saturated heterocycles. The van der Waals surface area contributed by atoms with Gasteiger partial charge in [-0.25, -0.2) is 9.97 Å². The van der Waals surface area contributed by atoms with Crippen LogP contribution in [0.2, 0.25) is 0 Å². The van der Waals surface area contributed by atoms with Gasteiger partial charge in [-0.15, -0.1) is 0 Å². The summed E-state index contributed by atoms with van der Waals surface area (Å²) in [4.78, 5) is 11.4. The van der Waals surface area contributed by atoms with Gasteiger partial charge >= 0.3 is 0 Å². The lowest BCUT2D eigenvalue weighted by Crippen LogP contribution is -1.94. The number of rotatable bonds is 2. The highest BCUT2D eigenvalue weighted by molar-refractivity contribution is 6.30. The fourth-order valence-electron chi connectivity index (χ4n) is 10.9. The Morgan fingerprint density at radius 3 is 1.66 bits per heavy atom. The molecule has 59 heavy (non-hydrogen) atoms. The standard InChI is InChI=1S/C54H29N5/c1-2-14-33(15-3-1)57-44-23-9-8-18-36(44)42-29-32(25-27-45(42)57)46-34-16-6-5-13-31(34)28-43-38-20-11-22-41-48-54(59(51(38)41)52(43)46)56-47-40-21-10-19-37-39-26-24-30-12-4-7-17-35(30)49(39)58(50(37)40)53(47)55-48/h1-29H. The van der Waals surface area contributed by atoms with E-state index in [0.717, 1.165) is 44.3 Å². The molecule has 15 aromatic rings. The van der Waals surface area contributed by atoms with Gasteiger partial charge in [0.05, 0.1) is 33.1 Å². The van der Waals surface area contributed by atoms with Gasteiger partial charge in [-0.1, -0.05) is 140 Å². The summed E-state index contributed by atoms with van der Waals surface area (Å²) in [6.45, 7) is 0. The Morgan fingerprint density at radius 1 is 0.322 bits per heavy atom. The first-order chi connectivity index (χ1) is 29.3. The third-order valence-corrected chi connectivity index (χ3v) is 13.2. The maximum Gasteiger partial charge on any atom is 0.165 e. The minimum absolute atomic E-state index is 0.889. The van der Waals surface area contributed by atoms with Crippen molar-refractivity contribution in [1.29, 1.82) is 0 Å². The number of fused-ring (bicyclic) bond motifs is 18. The minimum Gasteiger partial charge on any atom is -0.309 e. The van der Waals surface area contributed by atoms with Crippen molar-refractivity contribution >= 4 is 120 Å². The zero-order chi connectivity index (χ0) is 38.1. The van der Waals surface area contributed by atoms with Gasteiger partial charge in [0.1, 0.15) is 11.0 Å². The van der Waals surface area contributed by atoms with Crippen molar-refractivity contribution in [2.45, 2.75) is 0 Å². The van der Waals surface area contributed by atoms with Crippen molar-refractivity contribution in [2.24, 2.45) is 0 Å². The summed E-state index contributed by atoms with van der Waals surface area (Å²) in [5.74, 6) is 0. The van der Waals surface area contributed by atoms with Gasteiger partial charge in [0, 0.05) is 59.7 Å². The highest BCUT2D eigenvalue weighted by atomic mass is 15.1. The molecule has 0 aliphatic rings. The first-order valence-corrected chi connectivity index (χ1v) is 20.3. The van der Waals surface area contributed by atoms with Gasteiger partial charge in [-0.2, -0.15) is 0 Å². The topological polar surface area (TPSA) is 39.5 Å². The highest BCUT2D eigenvalue weighted by Gasteiger charge is 2.27. The molecule has 0 fully saturated rings. The quantitative estimate of drug-likeness (QED) is 0.177. The Kier molecular flexibility index (Phi) is 5.36. The number of benzene rings is 9. The van der Waals surface area contributed by atoms with Gasteiger partial charge in [-0.3, -0.25) is 8.80 Å². The van der Waals surface area contributed by atoms with Crippen LogP contribution < -0.4 is 0 Å². The van der Waals surface area contributed by atoms with E-state index in [9.17, 15) is 0 Å². The van der Waals surface area contributed by atoms with Gasteiger partial charge in [-0.05, 0) is 58.1 Å². The minimum atomic E-state index is 0.889. The van der Waals surface area contributed by atoms with Crippen LogP contribution in [0.5, 0.6) is 0 Å².